The van der Waals surface area contributed by atoms with E-state index in [2.05, 4.69) is 10.2 Å². The Balaban J connectivity index is 1.53. The molecule has 0 unspecified atom stereocenters. The van der Waals surface area contributed by atoms with E-state index in [1.807, 2.05) is 46.7 Å². The smallest absolute Gasteiger partial charge is 0.263 e. The van der Waals surface area contributed by atoms with E-state index in [-0.39, 0.29) is 11.8 Å². The summed E-state index contributed by atoms with van der Waals surface area (Å²) in [5.74, 6) is 1.85. The molecule has 1 fully saturated rings. The first-order valence-electron chi connectivity index (χ1n) is 8.56. The summed E-state index contributed by atoms with van der Waals surface area (Å²) in [5.41, 5.74) is 0.774. The number of nitrogens with zero attached hydrogens (tertiary/aromatic N) is 3. The number of likely N-dealkylation sites (tertiary alicyclic amines) is 1. The van der Waals surface area contributed by atoms with Crippen molar-refractivity contribution in [2.45, 2.75) is 18.8 Å². The van der Waals surface area contributed by atoms with E-state index in [9.17, 15) is 4.79 Å². The van der Waals surface area contributed by atoms with Crippen molar-refractivity contribution < 1.29 is 13.9 Å². The van der Waals surface area contributed by atoms with Crippen LogP contribution >= 0.6 is 11.3 Å². The monoisotopic (exact) mass is 369 g/mol. The number of aromatic nitrogens is 2. The molecule has 134 valence electrons. The number of para-hydroxylation sites is 1. The van der Waals surface area contributed by atoms with Gasteiger partial charge in [0.25, 0.3) is 11.8 Å². The average Bonchev–Trinajstić information content (AvgIpc) is 3.39. The molecule has 26 heavy (non-hydrogen) atoms. The summed E-state index contributed by atoms with van der Waals surface area (Å²) in [4.78, 5) is 15.3. The third-order valence-electron chi connectivity index (χ3n) is 4.57. The molecular weight excluding hydrogens is 350 g/mol. The van der Waals surface area contributed by atoms with Crippen LogP contribution in [0.15, 0.2) is 46.2 Å². The van der Waals surface area contributed by atoms with Gasteiger partial charge in [-0.15, -0.1) is 21.5 Å². The maximum absolute atomic E-state index is 12.6. The largest absolute Gasteiger partial charge is 0.496 e. The van der Waals surface area contributed by atoms with Crippen molar-refractivity contribution in [2.75, 3.05) is 20.2 Å². The third kappa shape index (κ3) is 3.22. The van der Waals surface area contributed by atoms with Gasteiger partial charge in [-0.1, -0.05) is 18.2 Å². The molecule has 0 aliphatic carbocycles. The predicted octanol–water partition coefficient (Wildman–Crippen LogP) is 3.83. The molecule has 3 heterocycles. The molecular formula is C19H19N3O3S. The fourth-order valence-electron chi connectivity index (χ4n) is 3.25. The van der Waals surface area contributed by atoms with E-state index in [0.29, 0.717) is 24.1 Å². The molecule has 1 amide bonds. The van der Waals surface area contributed by atoms with Gasteiger partial charge in [-0.3, -0.25) is 4.79 Å². The van der Waals surface area contributed by atoms with Crippen molar-refractivity contribution in [2.24, 2.45) is 0 Å². The van der Waals surface area contributed by atoms with E-state index in [1.165, 1.54) is 11.3 Å². The molecule has 1 aliphatic rings. The van der Waals surface area contributed by atoms with Gasteiger partial charge in [0.1, 0.15) is 5.75 Å². The van der Waals surface area contributed by atoms with Gasteiger partial charge in [-0.2, -0.15) is 0 Å². The number of benzene rings is 1. The second-order valence-electron chi connectivity index (χ2n) is 6.21. The SMILES string of the molecule is COc1ccccc1-c1nnc([C@H]2CCCN(C(=O)c3cccs3)C2)o1. The van der Waals surface area contributed by atoms with Crippen LogP contribution in [0, 0.1) is 0 Å². The summed E-state index contributed by atoms with van der Waals surface area (Å²) >= 11 is 1.47. The molecule has 1 atom stereocenters. The number of hydrogen-bond donors (Lipinski definition) is 0. The van der Waals surface area contributed by atoms with Crippen LogP contribution in [0.3, 0.4) is 0 Å². The summed E-state index contributed by atoms with van der Waals surface area (Å²) in [7, 11) is 1.62. The van der Waals surface area contributed by atoms with Crippen molar-refractivity contribution in [1.82, 2.24) is 15.1 Å². The van der Waals surface area contributed by atoms with Crippen LogP contribution in [0.5, 0.6) is 5.75 Å². The summed E-state index contributed by atoms with van der Waals surface area (Å²) in [6.07, 6.45) is 1.86. The molecule has 7 heteroatoms. The van der Waals surface area contributed by atoms with Crippen LogP contribution in [0.2, 0.25) is 0 Å². The molecule has 0 spiro atoms. The van der Waals surface area contributed by atoms with Crippen molar-refractivity contribution >= 4 is 17.2 Å². The van der Waals surface area contributed by atoms with Gasteiger partial charge >= 0.3 is 0 Å². The van der Waals surface area contributed by atoms with Crippen LogP contribution in [-0.2, 0) is 0 Å². The fraction of sp³-hybridized carbons (Fsp3) is 0.316. The number of piperidine rings is 1. The van der Waals surface area contributed by atoms with E-state index in [1.54, 1.807) is 7.11 Å². The number of methoxy groups -OCH3 is 1. The molecule has 4 rings (SSSR count). The van der Waals surface area contributed by atoms with Crippen molar-refractivity contribution in [1.29, 1.82) is 0 Å². The van der Waals surface area contributed by atoms with Crippen LogP contribution in [-0.4, -0.2) is 41.2 Å². The number of amides is 1. The minimum Gasteiger partial charge on any atom is -0.496 e. The highest BCUT2D eigenvalue weighted by molar-refractivity contribution is 7.12. The lowest BCUT2D eigenvalue weighted by atomic mass is 9.98. The molecule has 0 bridgehead atoms. The number of carbonyl (C=O) groups excluding carboxylic acids is 1. The van der Waals surface area contributed by atoms with Crippen molar-refractivity contribution in [3.05, 3.63) is 52.5 Å². The normalized spacial score (nSPS) is 17.3. The summed E-state index contributed by atoms with van der Waals surface area (Å²) in [6.45, 7) is 1.37. The van der Waals surface area contributed by atoms with Gasteiger partial charge in [-0.25, -0.2) is 0 Å². The Morgan fingerprint density at radius 2 is 2.15 bits per heavy atom. The van der Waals surface area contributed by atoms with Crippen LogP contribution in [0.25, 0.3) is 11.5 Å². The maximum atomic E-state index is 12.6. The molecule has 2 aromatic heterocycles. The predicted molar refractivity (Wildman–Crippen MR) is 98.5 cm³/mol. The zero-order chi connectivity index (χ0) is 17.9. The molecule has 0 N–H and O–H groups in total. The quantitative estimate of drug-likeness (QED) is 0.699. The van der Waals surface area contributed by atoms with E-state index in [0.717, 1.165) is 29.8 Å². The number of carbonyl (C=O) groups is 1. The maximum Gasteiger partial charge on any atom is 0.263 e. The molecule has 1 saturated heterocycles. The first-order valence-corrected chi connectivity index (χ1v) is 9.44. The molecule has 0 radical (unpaired) electrons. The fourth-order valence-corrected chi connectivity index (χ4v) is 3.94. The Kier molecular flexibility index (Phi) is 4.71. The van der Waals surface area contributed by atoms with Gasteiger partial charge < -0.3 is 14.1 Å². The molecule has 1 aliphatic heterocycles. The first-order chi connectivity index (χ1) is 12.8. The molecule has 1 aromatic carbocycles. The minimum absolute atomic E-state index is 0.0589. The van der Waals surface area contributed by atoms with E-state index < -0.39 is 0 Å². The van der Waals surface area contributed by atoms with Crippen LogP contribution in [0.4, 0.5) is 0 Å². The Labute approximate surface area is 155 Å². The number of rotatable bonds is 4. The highest BCUT2D eigenvalue weighted by atomic mass is 32.1. The highest BCUT2D eigenvalue weighted by Gasteiger charge is 2.29. The van der Waals surface area contributed by atoms with Gasteiger partial charge in [0.2, 0.25) is 5.89 Å². The lowest BCUT2D eigenvalue weighted by Crippen LogP contribution is -2.38. The zero-order valence-electron chi connectivity index (χ0n) is 14.4. The average molecular weight is 369 g/mol. The van der Waals surface area contributed by atoms with Crippen molar-refractivity contribution in [3.63, 3.8) is 0 Å². The molecule has 0 saturated carbocycles. The molecule has 3 aromatic rings. The zero-order valence-corrected chi connectivity index (χ0v) is 15.2. The second-order valence-corrected chi connectivity index (χ2v) is 7.16. The Hall–Kier alpha value is -2.67. The van der Waals surface area contributed by atoms with Crippen molar-refractivity contribution in [3.8, 4) is 17.2 Å². The van der Waals surface area contributed by atoms with Gasteiger partial charge in [-0.05, 0) is 36.4 Å². The van der Waals surface area contributed by atoms with E-state index >= 15 is 0 Å². The summed E-state index contributed by atoms with van der Waals surface area (Å²) in [6, 6.07) is 11.3. The Bertz CT molecular complexity index is 891. The summed E-state index contributed by atoms with van der Waals surface area (Å²) < 4.78 is 11.3. The standard InChI is InChI=1S/C19H19N3O3S/c1-24-15-8-3-2-7-14(15)18-21-20-17(25-18)13-6-4-10-22(12-13)19(23)16-9-5-11-26-16/h2-3,5,7-9,11,13H,4,6,10,12H2,1H3/t13-/m0/s1. The second kappa shape index (κ2) is 7.29. The lowest BCUT2D eigenvalue weighted by molar-refractivity contribution is 0.0703. The molecule has 6 nitrogen and oxygen atoms in total. The Morgan fingerprint density at radius 1 is 1.27 bits per heavy atom. The van der Waals surface area contributed by atoms with Crippen LogP contribution in [0.1, 0.15) is 34.3 Å². The third-order valence-corrected chi connectivity index (χ3v) is 5.43. The minimum atomic E-state index is 0.0589. The lowest BCUT2D eigenvalue weighted by Gasteiger charge is -2.30. The van der Waals surface area contributed by atoms with Gasteiger partial charge in [0.05, 0.1) is 23.5 Å². The van der Waals surface area contributed by atoms with E-state index in [4.69, 9.17) is 9.15 Å². The highest BCUT2D eigenvalue weighted by Crippen LogP contribution is 2.32. The Morgan fingerprint density at radius 3 is 2.96 bits per heavy atom. The topological polar surface area (TPSA) is 68.5 Å². The van der Waals surface area contributed by atoms with Crippen LogP contribution < -0.4 is 4.74 Å². The van der Waals surface area contributed by atoms with Gasteiger partial charge in [0.15, 0.2) is 0 Å². The summed E-state index contributed by atoms with van der Waals surface area (Å²) in [5, 5.41) is 10.4. The number of thiophene rings is 1. The van der Waals surface area contributed by atoms with Gasteiger partial charge in [0, 0.05) is 13.1 Å². The number of ether oxygens (including phenoxy) is 1. The first kappa shape index (κ1) is 16.8. The number of hydrogen-bond acceptors (Lipinski definition) is 6.